The molecule has 0 unspecified atom stereocenters. The number of nitro groups is 1. The number of nitrogens with one attached hydrogen (secondary N) is 2. The number of halogens is 1. The van der Waals surface area contributed by atoms with E-state index in [0.29, 0.717) is 21.5 Å². The number of aromatic nitrogens is 1. The van der Waals surface area contributed by atoms with Crippen LogP contribution in [-0.4, -0.2) is 15.8 Å². The zero-order valence-corrected chi connectivity index (χ0v) is 14.1. The van der Waals surface area contributed by atoms with Crippen molar-refractivity contribution in [1.29, 1.82) is 0 Å². The van der Waals surface area contributed by atoms with E-state index in [1.165, 1.54) is 13.0 Å². The molecule has 120 valence electrons. The van der Waals surface area contributed by atoms with Gasteiger partial charge in [0.05, 0.1) is 11.0 Å². The van der Waals surface area contributed by atoms with Gasteiger partial charge in [0.2, 0.25) is 5.91 Å². The first kappa shape index (κ1) is 16.9. The van der Waals surface area contributed by atoms with Crippen molar-refractivity contribution in [3.8, 4) is 0 Å². The predicted molar refractivity (Wildman–Crippen MR) is 90.5 cm³/mol. The SMILES string of the molecule is CC(=O)N[C@H](C)c1ccc(Nc2ccnc(Br)c2)c([N+](=O)[O-])c1. The van der Waals surface area contributed by atoms with Gasteiger partial charge in [0.1, 0.15) is 10.3 Å². The van der Waals surface area contributed by atoms with Crippen LogP contribution in [0.4, 0.5) is 17.1 Å². The van der Waals surface area contributed by atoms with E-state index in [1.807, 2.05) is 0 Å². The normalized spacial score (nSPS) is 11.6. The Labute approximate surface area is 141 Å². The number of pyridine rings is 1. The van der Waals surface area contributed by atoms with E-state index in [1.54, 1.807) is 37.4 Å². The molecule has 8 heteroatoms. The molecule has 1 amide bonds. The molecule has 0 radical (unpaired) electrons. The number of hydrogen-bond donors (Lipinski definition) is 2. The largest absolute Gasteiger partial charge is 0.350 e. The van der Waals surface area contributed by atoms with Gasteiger partial charge in [0.25, 0.3) is 5.69 Å². The molecule has 1 aromatic heterocycles. The van der Waals surface area contributed by atoms with Crippen LogP contribution in [0.2, 0.25) is 0 Å². The molecule has 1 aromatic carbocycles. The van der Waals surface area contributed by atoms with Crippen LogP contribution in [0.3, 0.4) is 0 Å². The zero-order valence-electron chi connectivity index (χ0n) is 12.5. The molecule has 0 fully saturated rings. The summed E-state index contributed by atoms with van der Waals surface area (Å²) in [5.41, 5.74) is 1.64. The highest BCUT2D eigenvalue weighted by atomic mass is 79.9. The third kappa shape index (κ3) is 4.49. The van der Waals surface area contributed by atoms with Crippen molar-refractivity contribution < 1.29 is 9.72 Å². The third-order valence-corrected chi connectivity index (χ3v) is 3.58. The van der Waals surface area contributed by atoms with Crippen molar-refractivity contribution >= 4 is 38.9 Å². The molecule has 2 rings (SSSR count). The lowest BCUT2D eigenvalue weighted by molar-refractivity contribution is -0.384. The predicted octanol–water partition coefficient (Wildman–Crippen LogP) is 3.69. The Morgan fingerprint density at radius 1 is 1.35 bits per heavy atom. The first-order valence-electron chi connectivity index (χ1n) is 6.81. The van der Waals surface area contributed by atoms with Crippen molar-refractivity contribution in [2.45, 2.75) is 19.9 Å². The van der Waals surface area contributed by atoms with E-state index < -0.39 is 4.92 Å². The Morgan fingerprint density at radius 2 is 2.09 bits per heavy atom. The Kier molecular flexibility index (Phi) is 5.28. The average Bonchev–Trinajstić information content (AvgIpc) is 2.46. The quantitative estimate of drug-likeness (QED) is 0.469. The highest BCUT2D eigenvalue weighted by Gasteiger charge is 2.17. The molecule has 2 N–H and O–H groups in total. The van der Waals surface area contributed by atoms with E-state index in [4.69, 9.17) is 0 Å². The molecule has 0 aliphatic carbocycles. The van der Waals surface area contributed by atoms with Gasteiger partial charge in [0.15, 0.2) is 0 Å². The molecule has 0 saturated carbocycles. The van der Waals surface area contributed by atoms with Crippen LogP contribution in [0.1, 0.15) is 25.5 Å². The molecule has 2 aromatic rings. The van der Waals surface area contributed by atoms with Crippen LogP contribution in [0.5, 0.6) is 0 Å². The maximum atomic E-state index is 11.3. The molecule has 7 nitrogen and oxygen atoms in total. The second-order valence-electron chi connectivity index (χ2n) is 4.95. The number of carbonyl (C=O) groups excluding carboxylic acids is 1. The topological polar surface area (TPSA) is 97.2 Å². The van der Waals surface area contributed by atoms with Gasteiger partial charge in [-0.15, -0.1) is 0 Å². The van der Waals surface area contributed by atoms with Crippen molar-refractivity contribution in [3.05, 3.63) is 56.8 Å². The highest BCUT2D eigenvalue weighted by Crippen LogP contribution is 2.31. The molecule has 0 saturated heterocycles. The number of carbonyl (C=O) groups is 1. The maximum Gasteiger partial charge on any atom is 0.293 e. The lowest BCUT2D eigenvalue weighted by atomic mass is 10.1. The summed E-state index contributed by atoms with van der Waals surface area (Å²) in [6, 6.07) is 7.95. The number of nitro benzene ring substituents is 1. The molecule has 0 aliphatic heterocycles. The third-order valence-electron chi connectivity index (χ3n) is 3.14. The van der Waals surface area contributed by atoms with Crippen LogP contribution in [0.15, 0.2) is 41.1 Å². The Hall–Kier alpha value is -2.48. The number of nitrogens with zero attached hydrogens (tertiary/aromatic N) is 2. The minimum Gasteiger partial charge on any atom is -0.350 e. The van der Waals surface area contributed by atoms with Crippen molar-refractivity contribution in [3.63, 3.8) is 0 Å². The van der Waals surface area contributed by atoms with Crippen LogP contribution < -0.4 is 10.6 Å². The van der Waals surface area contributed by atoms with Crippen molar-refractivity contribution in [1.82, 2.24) is 10.3 Å². The lowest BCUT2D eigenvalue weighted by Gasteiger charge is -2.14. The van der Waals surface area contributed by atoms with Gasteiger partial charge in [-0.1, -0.05) is 6.07 Å². The minimum atomic E-state index is -0.456. The van der Waals surface area contributed by atoms with E-state index in [2.05, 4.69) is 31.5 Å². The first-order chi connectivity index (χ1) is 10.9. The minimum absolute atomic E-state index is 0.0624. The fraction of sp³-hybridized carbons (Fsp3) is 0.200. The summed E-state index contributed by atoms with van der Waals surface area (Å²) in [6.07, 6.45) is 1.59. The van der Waals surface area contributed by atoms with Gasteiger partial charge in [-0.2, -0.15) is 0 Å². The first-order valence-corrected chi connectivity index (χ1v) is 7.60. The number of benzene rings is 1. The van der Waals surface area contributed by atoms with Gasteiger partial charge in [0, 0.05) is 24.9 Å². The average molecular weight is 379 g/mol. The van der Waals surface area contributed by atoms with E-state index >= 15 is 0 Å². The molecule has 0 spiro atoms. The Bertz CT molecular complexity index is 751. The molecule has 1 heterocycles. The highest BCUT2D eigenvalue weighted by molar-refractivity contribution is 9.10. The Morgan fingerprint density at radius 3 is 2.70 bits per heavy atom. The summed E-state index contributed by atoms with van der Waals surface area (Å²) >= 11 is 3.25. The van der Waals surface area contributed by atoms with Crippen LogP contribution in [-0.2, 0) is 4.79 Å². The van der Waals surface area contributed by atoms with E-state index in [9.17, 15) is 14.9 Å². The molecular formula is C15H15BrN4O3. The summed E-state index contributed by atoms with van der Waals surface area (Å²) in [6.45, 7) is 3.18. The van der Waals surface area contributed by atoms with Gasteiger partial charge in [-0.25, -0.2) is 4.98 Å². The summed E-state index contributed by atoms with van der Waals surface area (Å²) in [5.74, 6) is -0.191. The molecule has 0 aliphatic rings. The number of amides is 1. The number of anilines is 2. The fourth-order valence-corrected chi connectivity index (χ4v) is 2.46. The van der Waals surface area contributed by atoms with Gasteiger partial charge >= 0.3 is 0 Å². The molecule has 23 heavy (non-hydrogen) atoms. The monoisotopic (exact) mass is 378 g/mol. The standard InChI is InChI=1S/C15H15BrN4O3/c1-9(18-10(2)21)11-3-4-13(14(7-11)20(22)23)19-12-5-6-17-15(16)8-12/h3-9H,1-2H3,(H,17,19)(H,18,21)/t9-/m1/s1. The summed E-state index contributed by atoms with van der Waals surface area (Å²) in [5, 5.41) is 17.0. The van der Waals surface area contributed by atoms with E-state index in [-0.39, 0.29) is 17.6 Å². The van der Waals surface area contributed by atoms with Crippen LogP contribution >= 0.6 is 15.9 Å². The molecule has 0 bridgehead atoms. The number of hydrogen-bond acceptors (Lipinski definition) is 5. The summed E-state index contributed by atoms with van der Waals surface area (Å²) < 4.78 is 0.626. The summed E-state index contributed by atoms with van der Waals surface area (Å²) in [4.78, 5) is 26.0. The lowest BCUT2D eigenvalue weighted by Crippen LogP contribution is -2.23. The van der Waals surface area contributed by atoms with Crippen LogP contribution in [0, 0.1) is 10.1 Å². The van der Waals surface area contributed by atoms with Crippen molar-refractivity contribution in [2.24, 2.45) is 0 Å². The smallest absolute Gasteiger partial charge is 0.293 e. The van der Waals surface area contributed by atoms with E-state index in [0.717, 1.165) is 0 Å². The van der Waals surface area contributed by atoms with Crippen LogP contribution in [0.25, 0.3) is 0 Å². The molecular weight excluding hydrogens is 364 g/mol. The Balaban J connectivity index is 2.33. The van der Waals surface area contributed by atoms with Gasteiger partial charge < -0.3 is 10.6 Å². The fourth-order valence-electron chi connectivity index (χ4n) is 2.10. The second kappa shape index (κ2) is 7.19. The summed E-state index contributed by atoms with van der Waals surface area (Å²) in [7, 11) is 0. The van der Waals surface area contributed by atoms with Crippen molar-refractivity contribution in [2.75, 3.05) is 5.32 Å². The second-order valence-corrected chi connectivity index (χ2v) is 5.76. The molecule has 1 atom stereocenters. The maximum absolute atomic E-state index is 11.3. The van der Waals surface area contributed by atoms with Gasteiger partial charge in [-0.05, 0) is 46.6 Å². The number of rotatable bonds is 5. The zero-order chi connectivity index (χ0) is 17.0. The van der Waals surface area contributed by atoms with Gasteiger partial charge in [-0.3, -0.25) is 14.9 Å².